The number of nitrogens with zero attached hydrogens (tertiary/aromatic N) is 1. The van der Waals surface area contributed by atoms with Crippen LogP contribution in [0.5, 0.6) is 0 Å². The number of hydrogen-bond acceptors (Lipinski definition) is 2. The van der Waals surface area contributed by atoms with E-state index in [1.54, 1.807) is 0 Å². The number of nitrogens with one attached hydrogen (secondary N) is 1. The summed E-state index contributed by atoms with van der Waals surface area (Å²) in [7, 11) is 2.02. The van der Waals surface area contributed by atoms with Crippen LogP contribution in [0.15, 0.2) is 66.9 Å². The number of rotatable bonds is 5. The van der Waals surface area contributed by atoms with Crippen LogP contribution in [0.3, 0.4) is 0 Å². The van der Waals surface area contributed by atoms with Gasteiger partial charge in [-0.2, -0.15) is 0 Å². The maximum atomic E-state index is 12.1. The van der Waals surface area contributed by atoms with Crippen molar-refractivity contribution >= 4 is 5.91 Å². The molecule has 2 aromatic rings. The van der Waals surface area contributed by atoms with Gasteiger partial charge < -0.3 is 5.32 Å². The van der Waals surface area contributed by atoms with Crippen LogP contribution in [0.2, 0.25) is 0 Å². The highest BCUT2D eigenvalue weighted by molar-refractivity contribution is 5.84. The lowest BCUT2D eigenvalue weighted by Crippen LogP contribution is -2.47. The fourth-order valence-electron chi connectivity index (χ4n) is 3.25. The summed E-state index contributed by atoms with van der Waals surface area (Å²) in [5.41, 5.74) is 4.68. The van der Waals surface area contributed by atoms with Crippen LogP contribution in [0.4, 0.5) is 0 Å². The monoisotopic (exact) mass is 320 g/mol. The van der Waals surface area contributed by atoms with E-state index >= 15 is 0 Å². The predicted molar refractivity (Wildman–Crippen MR) is 97.5 cm³/mol. The first-order chi connectivity index (χ1) is 11.6. The van der Waals surface area contributed by atoms with Gasteiger partial charge in [-0.25, -0.2) is 0 Å². The zero-order valence-electron chi connectivity index (χ0n) is 14.2. The molecular formula is C21H24N2O. The second-order valence-electron chi connectivity index (χ2n) is 6.54. The molecular weight excluding hydrogens is 296 g/mol. The molecule has 1 atom stereocenters. The Morgan fingerprint density at radius 2 is 1.79 bits per heavy atom. The molecule has 1 N–H and O–H groups in total. The zero-order chi connectivity index (χ0) is 16.9. The van der Waals surface area contributed by atoms with Gasteiger partial charge in [-0.05, 0) is 43.0 Å². The number of carbonyl (C=O) groups is 1. The molecule has 0 aromatic heterocycles. The summed E-state index contributed by atoms with van der Waals surface area (Å²) in [6.07, 6.45) is 2.63. The maximum Gasteiger partial charge on any atom is 0.241 e. The van der Waals surface area contributed by atoms with Crippen molar-refractivity contribution in [2.45, 2.75) is 31.8 Å². The standard InChI is InChI=1S/C21H24N2O/c1-16-11-12-20(21(24)22-16)23(2)15-19-10-6-9-18(14-19)13-17-7-4-3-5-8-17/h3-10,14,20H,1,11-13,15H2,2H3,(H,22,24). The molecule has 0 aliphatic carbocycles. The molecule has 3 rings (SSSR count). The molecule has 0 bridgehead atoms. The summed E-state index contributed by atoms with van der Waals surface area (Å²) in [6, 6.07) is 19.0. The van der Waals surface area contributed by atoms with E-state index in [-0.39, 0.29) is 11.9 Å². The zero-order valence-corrected chi connectivity index (χ0v) is 14.2. The molecule has 1 heterocycles. The molecule has 1 saturated heterocycles. The second kappa shape index (κ2) is 7.45. The molecule has 24 heavy (non-hydrogen) atoms. The Labute approximate surface area is 144 Å². The van der Waals surface area contributed by atoms with E-state index in [1.807, 2.05) is 13.1 Å². The first kappa shape index (κ1) is 16.5. The Hall–Kier alpha value is -2.39. The second-order valence-corrected chi connectivity index (χ2v) is 6.54. The molecule has 2 aromatic carbocycles. The lowest BCUT2D eigenvalue weighted by atomic mass is 10.0. The fourth-order valence-corrected chi connectivity index (χ4v) is 3.25. The van der Waals surface area contributed by atoms with Gasteiger partial charge in [0.25, 0.3) is 0 Å². The molecule has 0 radical (unpaired) electrons. The van der Waals surface area contributed by atoms with Crippen LogP contribution in [-0.4, -0.2) is 23.9 Å². The average Bonchev–Trinajstić information content (AvgIpc) is 2.56. The summed E-state index contributed by atoms with van der Waals surface area (Å²) >= 11 is 0. The Balaban J connectivity index is 1.66. The smallest absolute Gasteiger partial charge is 0.241 e. The molecule has 1 aliphatic heterocycles. The predicted octanol–water partition coefficient (Wildman–Crippen LogP) is 3.50. The highest BCUT2D eigenvalue weighted by Crippen LogP contribution is 2.18. The van der Waals surface area contributed by atoms with Gasteiger partial charge in [-0.1, -0.05) is 61.2 Å². The van der Waals surface area contributed by atoms with E-state index in [4.69, 9.17) is 0 Å². The minimum absolute atomic E-state index is 0.0641. The van der Waals surface area contributed by atoms with Crippen LogP contribution in [0.25, 0.3) is 0 Å². The van der Waals surface area contributed by atoms with E-state index in [9.17, 15) is 4.79 Å². The van der Waals surface area contributed by atoms with Gasteiger partial charge in [0.15, 0.2) is 0 Å². The van der Waals surface area contributed by atoms with Gasteiger partial charge in [0, 0.05) is 12.2 Å². The van der Waals surface area contributed by atoms with E-state index in [0.29, 0.717) is 0 Å². The Morgan fingerprint density at radius 1 is 1.08 bits per heavy atom. The van der Waals surface area contributed by atoms with Crippen molar-refractivity contribution < 1.29 is 4.79 Å². The number of amides is 1. The molecule has 1 unspecified atom stereocenters. The molecule has 1 amide bonds. The number of hydrogen-bond donors (Lipinski definition) is 1. The molecule has 124 valence electrons. The van der Waals surface area contributed by atoms with Crippen molar-refractivity contribution in [3.63, 3.8) is 0 Å². The van der Waals surface area contributed by atoms with E-state index in [2.05, 4.69) is 65.3 Å². The fraction of sp³-hybridized carbons (Fsp3) is 0.286. The Bertz CT molecular complexity index is 724. The molecule has 0 saturated carbocycles. The Kier molecular flexibility index (Phi) is 5.11. The number of benzene rings is 2. The SMILES string of the molecule is C=C1CCC(N(C)Cc2cccc(Cc3ccccc3)c2)C(=O)N1. The van der Waals surface area contributed by atoms with Gasteiger partial charge in [0.05, 0.1) is 6.04 Å². The first-order valence-electron chi connectivity index (χ1n) is 8.42. The molecule has 0 spiro atoms. The van der Waals surface area contributed by atoms with Crippen LogP contribution in [0, 0.1) is 0 Å². The number of likely N-dealkylation sites (N-methyl/N-ethyl adjacent to an activating group) is 1. The number of carbonyl (C=O) groups excluding carboxylic acids is 1. The normalized spacial score (nSPS) is 17.8. The molecule has 3 nitrogen and oxygen atoms in total. The van der Waals surface area contributed by atoms with Crippen molar-refractivity contribution in [3.8, 4) is 0 Å². The third kappa shape index (κ3) is 4.12. The summed E-state index contributed by atoms with van der Waals surface area (Å²) in [5, 5.41) is 2.87. The van der Waals surface area contributed by atoms with Crippen LogP contribution in [0.1, 0.15) is 29.5 Å². The number of allylic oxidation sites excluding steroid dienone is 1. The summed E-state index contributed by atoms with van der Waals surface area (Å²) < 4.78 is 0. The van der Waals surface area contributed by atoms with Crippen LogP contribution >= 0.6 is 0 Å². The highest BCUT2D eigenvalue weighted by Gasteiger charge is 2.27. The van der Waals surface area contributed by atoms with Gasteiger partial charge >= 0.3 is 0 Å². The van der Waals surface area contributed by atoms with E-state index in [0.717, 1.165) is 31.5 Å². The van der Waals surface area contributed by atoms with Crippen molar-refractivity contribution in [1.29, 1.82) is 0 Å². The van der Waals surface area contributed by atoms with Crippen LogP contribution < -0.4 is 5.32 Å². The quantitative estimate of drug-likeness (QED) is 0.914. The summed E-state index contributed by atoms with van der Waals surface area (Å²) in [6.45, 7) is 4.61. The van der Waals surface area contributed by atoms with Gasteiger partial charge in [0.2, 0.25) is 5.91 Å². The molecule has 1 fully saturated rings. The van der Waals surface area contributed by atoms with Crippen molar-refractivity contribution in [2.75, 3.05) is 7.05 Å². The maximum absolute atomic E-state index is 12.1. The van der Waals surface area contributed by atoms with Gasteiger partial charge in [0.1, 0.15) is 0 Å². The minimum Gasteiger partial charge on any atom is -0.329 e. The summed E-state index contributed by atoms with van der Waals surface area (Å²) in [4.78, 5) is 14.3. The van der Waals surface area contributed by atoms with Gasteiger partial charge in [-0.3, -0.25) is 9.69 Å². The minimum atomic E-state index is -0.0757. The lowest BCUT2D eigenvalue weighted by Gasteiger charge is -2.31. The van der Waals surface area contributed by atoms with Crippen molar-refractivity contribution in [3.05, 3.63) is 83.6 Å². The topological polar surface area (TPSA) is 32.3 Å². The highest BCUT2D eigenvalue weighted by atomic mass is 16.2. The first-order valence-corrected chi connectivity index (χ1v) is 8.42. The molecule has 3 heteroatoms. The Morgan fingerprint density at radius 3 is 2.54 bits per heavy atom. The third-order valence-electron chi connectivity index (χ3n) is 4.53. The van der Waals surface area contributed by atoms with Crippen molar-refractivity contribution in [1.82, 2.24) is 10.2 Å². The molecule has 1 aliphatic rings. The van der Waals surface area contributed by atoms with E-state index < -0.39 is 0 Å². The average molecular weight is 320 g/mol. The third-order valence-corrected chi connectivity index (χ3v) is 4.53. The largest absolute Gasteiger partial charge is 0.329 e. The van der Waals surface area contributed by atoms with Crippen molar-refractivity contribution in [2.24, 2.45) is 0 Å². The van der Waals surface area contributed by atoms with Crippen LogP contribution in [-0.2, 0) is 17.8 Å². The summed E-state index contributed by atoms with van der Waals surface area (Å²) in [5.74, 6) is 0.0641. The lowest BCUT2D eigenvalue weighted by molar-refractivity contribution is -0.126. The number of piperidine rings is 1. The van der Waals surface area contributed by atoms with Gasteiger partial charge in [-0.15, -0.1) is 0 Å². The van der Waals surface area contributed by atoms with E-state index in [1.165, 1.54) is 16.7 Å².